The zero-order valence-electron chi connectivity index (χ0n) is 73.6. The number of hydrogen-bond acceptors (Lipinski definition) is 26. The van der Waals surface area contributed by atoms with Crippen LogP contribution >= 0.6 is 0 Å². The molecule has 0 radical (unpaired) electrons. The second-order valence-corrected chi connectivity index (χ2v) is 29.6. The number of carbonyl (C=O) groups excluding carboxylic acids is 14. The van der Waals surface area contributed by atoms with Gasteiger partial charge < -0.3 is 123 Å². The first-order valence-corrected chi connectivity index (χ1v) is 43.3. The smallest absolute Gasteiger partial charge is 0.407 e. The topological polar surface area (TPSA) is 538 Å². The number of hydrogen-bond donors (Lipinski definition) is 12. The number of rotatable bonds is 80. The van der Waals surface area contributed by atoms with Crippen LogP contribution in [0.5, 0.6) is 0 Å². The fraction of sp³-hybridized carbons (Fsp3) is 0.829. The Morgan fingerprint density at radius 2 is 0.608 bits per heavy atom. The van der Waals surface area contributed by atoms with E-state index in [1.54, 1.807) is 33.0 Å². The van der Waals surface area contributed by atoms with Crippen LogP contribution in [0.3, 0.4) is 0 Å². The molecule has 0 rings (SSSR count). The van der Waals surface area contributed by atoms with Crippen LogP contribution in [0.1, 0.15) is 208 Å². The van der Waals surface area contributed by atoms with Crippen molar-refractivity contribution in [3.8, 4) is 0 Å². The van der Waals surface area contributed by atoms with E-state index in [-0.39, 0.29) is 152 Å². The molecule has 0 spiro atoms. The van der Waals surface area contributed by atoms with E-state index in [1.807, 2.05) is 20.8 Å². The molecule has 120 heavy (non-hydrogen) atoms. The van der Waals surface area contributed by atoms with Gasteiger partial charge in [-0.15, -0.1) is 0 Å². The molecule has 0 saturated heterocycles. The van der Waals surface area contributed by atoms with Gasteiger partial charge in [0, 0.05) is 141 Å². The number of carbonyl (C=O) groups is 14. The van der Waals surface area contributed by atoms with E-state index in [2.05, 4.69) is 49.5 Å². The fourth-order valence-corrected chi connectivity index (χ4v) is 11.2. The lowest BCUT2D eigenvalue weighted by Crippen LogP contribution is -2.47. The minimum atomic E-state index is -0.801. The van der Waals surface area contributed by atoms with E-state index in [0.717, 1.165) is 82.2 Å². The highest BCUT2D eigenvalue weighted by atomic mass is 16.6. The summed E-state index contributed by atoms with van der Waals surface area (Å²) in [5.41, 5.74) is 21.3. The van der Waals surface area contributed by atoms with Gasteiger partial charge in [-0.05, 0) is 103 Å². The molecule has 0 aromatic rings. The highest BCUT2D eigenvalue weighted by Gasteiger charge is 2.27. The fourth-order valence-electron chi connectivity index (χ4n) is 11.2. The summed E-state index contributed by atoms with van der Waals surface area (Å²) in [6.07, 6.45) is 13.3. The van der Waals surface area contributed by atoms with Gasteiger partial charge in [0.25, 0.3) is 0 Å². The molecule has 0 aliphatic heterocycles. The summed E-state index contributed by atoms with van der Waals surface area (Å²) >= 11 is 0. The molecule has 0 aliphatic rings. The molecule has 16 N–H and O–H groups in total. The number of methoxy groups -OCH3 is 2. The molecule has 0 bridgehead atoms. The van der Waals surface area contributed by atoms with Gasteiger partial charge >= 0.3 is 24.1 Å². The molecule has 0 aromatic heterocycles. The maximum atomic E-state index is 13.4. The van der Waals surface area contributed by atoms with Crippen LogP contribution in [-0.4, -0.2) is 291 Å². The molecule has 696 valence electrons. The molecule has 38 nitrogen and oxygen atoms in total. The Labute approximate surface area is 712 Å². The third-order valence-corrected chi connectivity index (χ3v) is 19.1. The Hall–Kier alpha value is -8.14. The van der Waals surface area contributed by atoms with Gasteiger partial charge in [0.15, 0.2) is 0 Å². The SMILES string of the molecule is CCCCOCCOC(=O)CC(CCCCNC(=O)OCCOCCOC)C(=O)NCCC(=O)N(CC(=O)NCCCCC(C)C(N)=O)CC(=O)NCCCCC(C)C(N)=O.CCCCOCCOC(=O)CC(CCCCNC(=O)OCCOCCOC)C(=O)NCCC(=O)N(CCNCCCCC(C)C(N)=O)CCNCCCCC(C)C(N)=O. The Kier molecular flexibility index (Phi) is 75.3. The lowest BCUT2D eigenvalue weighted by Gasteiger charge is -2.24. The lowest BCUT2D eigenvalue weighted by molar-refractivity contribution is -0.148. The van der Waals surface area contributed by atoms with Crippen molar-refractivity contribution in [1.82, 2.24) is 52.3 Å². The lowest BCUT2D eigenvalue weighted by atomic mass is 9.97. The number of nitrogens with one attached hydrogen (secondary N) is 8. The summed E-state index contributed by atoms with van der Waals surface area (Å²) in [4.78, 5) is 177. The molecule has 6 atom stereocenters. The van der Waals surface area contributed by atoms with Crippen molar-refractivity contribution in [2.24, 2.45) is 58.4 Å². The number of nitrogens with two attached hydrogens (primary N) is 4. The summed E-state index contributed by atoms with van der Waals surface area (Å²) in [5, 5.41) is 23.1. The Balaban J connectivity index is 0. The highest BCUT2D eigenvalue weighted by molar-refractivity contribution is 5.90. The molecule has 0 aliphatic carbocycles. The van der Waals surface area contributed by atoms with E-state index < -0.39 is 84.5 Å². The average molecular weight is 1720 g/mol. The van der Waals surface area contributed by atoms with Crippen LogP contribution in [0.2, 0.25) is 0 Å². The first-order chi connectivity index (χ1) is 57.6. The monoisotopic (exact) mass is 1720 g/mol. The van der Waals surface area contributed by atoms with Gasteiger partial charge in [0.2, 0.25) is 59.1 Å². The van der Waals surface area contributed by atoms with Crippen molar-refractivity contribution in [3.05, 3.63) is 0 Å². The summed E-state index contributed by atoms with van der Waals surface area (Å²) < 4.78 is 52.0. The Morgan fingerprint density at radius 1 is 0.308 bits per heavy atom. The molecular formula is C82H154N14O24. The quantitative estimate of drug-likeness (QED) is 0.0236. The largest absolute Gasteiger partial charge is 0.463 e. The van der Waals surface area contributed by atoms with Crippen LogP contribution in [0.15, 0.2) is 0 Å². The number of primary amides is 4. The van der Waals surface area contributed by atoms with Crippen molar-refractivity contribution in [1.29, 1.82) is 0 Å². The van der Waals surface area contributed by atoms with Gasteiger partial charge in [-0.2, -0.15) is 0 Å². The number of nitrogens with zero attached hydrogens (tertiary/aromatic N) is 2. The van der Waals surface area contributed by atoms with E-state index in [4.69, 9.17) is 70.3 Å². The van der Waals surface area contributed by atoms with Crippen molar-refractivity contribution in [2.45, 2.75) is 208 Å². The molecule has 0 aromatic carbocycles. The van der Waals surface area contributed by atoms with E-state index in [0.29, 0.717) is 156 Å². The number of amides is 12. The number of alkyl carbamates (subject to hydrolysis) is 2. The normalized spacial score (nSPS) is 12.5. The van der Waals surface area contributed by atoms with Crippen LogP contribution < -0.4 is 65.5 Å². The minimum Gasteiger partial charge on any atom is -0.463 e. The van der Waals surface area contributed by atoms with Crippen molar-refractivity contribution < 1.29 is 114 Å². The average Bonchev–Trinajstić information content (AvgIpc) is 0.886. The first kappa shape index (κ1) is 114. The predicted molar refractivity (Wildman–Crippen MR) is 450 cm³/mol. The standard InChI is InChI=1S/C41H75N7O13.C41H79N7O11/c1-5-6-21-58-24-26-60-37(52)28-33(15-9-12-19-47-41(56)61-27-25-59-23-22-57-4)40(55)46-20-16-36(51)48(29-34(49)44-17-10-7-13-31(2)38(42)53)30-35(50)45-18-11-8-14-32(3)39(43)54;1-5-6-25-56-28-30-58-37(50)32-35(15-9-12-19-47-41(54)59-31-29-57-27-26-55-4)40(53)46-20-16-36(49)48(23-21-44-17-10-7-13-33(2)38(42)51)24-22-45-18-11-8-14-34(3)39(43)52/h31-33H,5-30H2,1-4H3,(H2,42,53)(H2,43,54)(H,44,49)(H,45,50)(H,46,55)(H,47,56);33-35,44-45H,5-32H2,1-4H3,(H2,42,51)(H2,43,52)(H,46,53)(H,47,54). The van der Waals surface area contributed by atoms with E-state index in [1.165, 1.54) is 0 Å². The van der Waals surface area contributed by atoms with Gasteiger partial charge in [-0.3, -0.25) is 57.5 Å². The summed E-state index contributed by atoms with van der Waals surface area (Å²) in [6.45, 7) is 19.3. The summed E-state index contributed by atoms with van der Waals surface area (Å²) in [6, 6.07) is 0. The van der Waals surface area contributed by atoms with Gasteiger partial charge in [0.05, 0.1) is 65.7 Å². The maximum Gasteiger partial charge on any atom is 0.407 e. The van der Waals surface area contributed by atoms with Gasteiger partial charge in [-0.1, -0.05) is 92.9 Å². The molecule has 38 heteroatoms. The van der Waals surface area contributed by atoms with Crippen LogP contribution in [0, 0.1) is 35.5 Å². The van der Waals surface area contributed by atoms with E-state index >= 15 is 0 Å². The molecule has 0 fully saturated rings. The maximum absolute atomic E-state index is 13.4. The number of unbranched alkanes of at least 4 members (excludes halogenated alkanes) is 8. The zero-order valence-corrected chi connectivity index (χ0v) is 73.6. The molecule has 0 saturated carbocycles. The molecule has 12 amide bonds. The third kappa shape index (κ3) is 70.5. The molecule has 0 heterocycles. The molecular weight excluding hydrogens is 1560 g/mol. The van der Waals surface area contributed by atoms with Crippen LogP contribution in [-0.2, 0) is 105 Å². The Morgan fingerprint density at radius 3 is 0.942 bits per heavy atom. The number of ether oxygens (including phenoxy) is 10. The van der Waals surface area contributed by atoms with Crippen molar-refractivity contribution in [2.75, 3.05) is 198 Å². The zero-order chi connectivity index (χ0) is 89.6. The first-order valence-electron chi connectivity index (χ1n) is 43.3. The summed E-state index contributed by atoms with van der Waals surface area (Å²) in [5.74, 6) is -7.34. The summed E-state index contributed by atoms with van der Waals surface area (Å²) in [7, 11) is 3.13. The van der Waals surface area contributed by atoms with Crippen LogP contribution in [0.4, 0.5) is 9.59 Å². The van der Waals surface area contributed by atoms with Gasteiger partial charge in [0.1, 0.15) is 39.5 Å². The highest BCUT2D eigenvalue weighted by Crippen LogP contribution is 2.18. The number of esters is 2. The second kappa shape index (κ2) is 79.3. The predicted octanol–water partition coefficient (Wildman–Crippen LogP) is 3.07. The Bertz CT molecular complexity index is 2710. The van der Waals surface area contributed by atoms with Crippen molar-refractivity contribution >= 4 is 83.2 Å². The third-order valence-electron chi connectivity index (χ3n) is 19.1. The van der Waals surface area contributed by atoms with E-state index in [9.17, 15) is 67.1 Å². The second-order valence-electron chi connectivity index (χ2n) is 29.6. The molecule has 6 unspecified atom stereocenters. The van der Waals surface area contributed by atoms with Gasteiger partial charge in [-0.25, -0.2) is 9.59 Å². The van der Waals surface area contributed by atoms with Crippen molar-refractivity contribution in [3.63, 3.8) is 0 Å². The minimum absolute atomic E-state index is 0.0365. The van der Waals surface area contributed by atoms with Crippen LogP contribution in [0.25, 0.3) is 0 Å².